The molecule has 560 valence electrons. The third-order valence-corrected chi connectivity index (χ3v) is 18.4. The Hall–Kier alpha value is -8.47. The highest BCUT2D eigenvalue weighted by Crippen LogP contribution is 2.35. The van der Waals surface area contributed by atoms with Crippen molar-refractivity contribution in [1.29, 1.82) is 0 Å². The molecule has 102 heavy (non-hydrogen) atoms. The van der Waals surface area contributed by atoms with E-state index in [1.54, 1.807) is 10.8 Å². The first kappa shape index (κ1) is 80.8. The number of hydrogen-bond donors (Lipinski definition) is 21. The Morgan fingerprint density at radius 3 is 2.08 bits per heavy atom. The van der Waals surface area contributed by atoms with Crippen LogP contribution < -0.4 is 65.9 Å². The van der Waals surface area contributed by atoms with Gasteiger partial charge in [0.15, 0.2) is 18.7 Å². The number of hydrogen-bond acceptors (Lipinski definition) is 32. The van der Waals surface area contributed by atoms with E-state index in [0.717, 1.165) is 18.1 Å². The molecule has 6 heterocycles. The number of nitrogens with two attached hydrogens (primary N) is 5. The summed E-state index contributed by atoms with van der Waals surface area (Å²) in [6.07, 6.45) is -24.5. The van der Waals surface area contributed by atoms with Crippen LogP contribution in [0.4, 0.5) is 10.6 Å². The Labute approximate surface area is 590 Å². The van der Waals surface area contributed by atoms with Crippen LogP contribution in [0.5, 0.6) is 0 Å². The average molecular weight is 1470 g/mol. The van der Waals surface area contributed by atoms with E-state index in [9.17, 15) is 74.4 Å². The Kier molecular flexibility index (Phi) is 29.8. The summed E-state index contributed by atoms with van der Waals surface area (Å²) in [5.41, 5.74) is 29.1. The number of nitrogens with zero attached hydrogens (tertiary/aromatic N) is 5. The van der Waals surface area contributed by atoms with Gasteiger partial charge < -0.3 is 135 Å². The van der Waals surface area contributed by atoms with Crippen molar-refractivity contribution in [3.63, 3.8) is 0 Å². The maximum atomic E-state index is 15.2. The van der Waals surface area contributed by atoms with Gasteiger partial charge in [-0.05, 0) is 46.2 Å². The van der Waals surface area contributed by atoms with Crippen molar-refractivity contribution in [2.24, 2.45) is 28.9 Å². The summed E-state index contributed by atoms with van der Waals surface area (Å²) in [4.78, 5) is 131. The number of nitrogen functional groups attached to an aromatic ring is 1. The van der Waals surface area contributed by atoms with Gasteiger partial charge in [0.05, 0.1) is 66.5 Å². The Morgan fingerprint density at radius 1 is 0.735 bits per heavy atom. The van der Waals surface area contributed by atoms with Gasteiger partial charge in [0.25, 0.3) is 11.8 Å². The van der Waals surface area contributed by atoms with Crippen molar-refractivity contribution in [1.82, 2.24) is 67.1 Å². The SMILES string of the molecule is Cc1c(N)nc([C@H](CC(N)=O)NC[C@H](N)C(N)=O)nc1C(=O)N[C@H](C(=O)N[C@H](C)[C@@H](O)[C@H](C)C(=O)N[C@H](C(=O)NCCc1nc(-c2nc(C(=O)NCCCN[C@@H](C)c3ccccc3)cs2)cs1)[C@@H](C)O)[C@@H](O[C@@H]1O[C@@H](CO)[C@@H](O)[C@H](O)[C@@H]1O[C@H]1O[C@H](CO)[C@@H](O)[C@H](OC(N)=O)[C@@H]1O)c1c[nH]cn1. The molecule has 39 nitrogen and oxygen atoms in total. The summed E-state index contributed by atoms with van der Waals surface area (Å²) in [6.45, 7) is 5.80. The molecule has 41 heteroatoms. The Bertz CT molecular complexity index is 3620. The molecule has 20 atom stereocenters. The summed E-state index contributed by atoms with van der Waals surface area (Å²) in [6, 6.07) is 2.24. The van der Waals surface area contributed by atoms with Crippen LogP contribution in [0, 0.1) is 12.8 Å². The number of primary amides is 3. The minimum Gasteiger partial charge on any atom is -0.441 e. The fraction of sp³-hybridized carbons (Fsp3) is 0.557. The third-order valence-electron chi connectivity index (χ3n) is 16.6. The first-order chi connectivity index (χ1) is 48.4. The van der Waals surface area contributed by atoms with E-state index in [0.29, 0.717) is 35.2 Å². The molecule has 2 aliphatic rings. The predicted molar refractivity (Wildman–Crippen MR) is 358 cm³/mol. The minimum atomic E-state index is -2.20. The smallest absolute Gasteiger partial charge is 0.404 e. The number of benzene rings is 1. The molecule has 8 amide bonds. The summed E-state index contributed by atoms with van der Waals surface area (Å²) >= 11 is 2.50. The number of ether oxygens (including phenoxy) is 5. The Balaban J connectivity index is 1.08. The second kappa shape index (κ2) is 37.6. The van der Waals surface area contributed by atoms with Crippen molar-refractivity contribution < 1.29 is 103 Å². The van der Waals surface area contributed by atoms with Gasteiger partial charge in [-0.15, -0.1) is 22.7 Å². The minimum absolute atomic E-state index is 0.0171. The van der Waals surface area contributed by atoms with Gasteiger partial charge in [0, 0.05) is 61.0 Å². The lowest BCUT2D eigenvalue weighted by atomic mass is 9.96. The molecule has 2 fully saturated rings. The molecule has 7 rings (SSSR count). The van der Waals surface area contributed by atoms with E-state index < -0.39 is 183 Å². The number of H-pyrrole nitrogens is 1. The van der Waals surface area contributed by atoms with Gasteiger partial charge in [-0.1, -0.05) is 37.3 Å². The molecule has 2 aliphatic heterocycles. The molecule has 5 aromatic rings. The fourth-order valence-electron chi connectivity index (χ4n) is 10.7. The first-order valence-corrected chi connectivity index (χ1v) is 33.9. The molecule has 26 N–H and O–H groups in total. The zero-order valence-corrected chi connectivity index (χ0v) is 57.6. The third kappa shape index (κ3) is 21.3. The lowest BCUT2D eigenvalue weighted by Gasteiger charge is -2.47. The van der Waals surface area contributed by atoms with Gasteiger partial charge in [-0.2, -0.15) is 0 Å². The highest BCUT2D eigenvalue weighted by molar-refractivity contribution is 7.14. The van der Waals surface area contributed by atoms with E-state index in [1.165, 1.54) is 50.4 Å². The van der Waals surface area contributed by atoms with Crippen molar-refractivity contribution in [2.75, 3.05) is 45.1 Å². The number of aliphatic hydroxyl groups is 8. The maximum Gasteiger partial charge on any atom is 0.404 e. The van der Waals surface area contributed by atoms with Crippen LogP contribution in [0.1, 0.15) is 107 Å². The second-order valence-electron chi connectivity index (χ2n) is 24.2. The number of aromatic amines is 1. The fourth-order valence-corrected chi connectivity index (χ4v) is 12.3. The normalized spacial score (nSPS) is 23.5. The molecule has 0 aliphatic carbocycles. The number of anilines is 1. The summed E-state index contributed by atoms with van der Waals surface area (Å²) in [5.74, 6) is -8.77. The first-order valence-electron chi connectivity index (χ1n) is 32.2. The van der Waals surface area contributed by atoms with Gasteiger partial charge in [-0.25, -0.2) is 29.7 Å². The molecular weight excluding hydrogens is 1380 g/mol. The number of aliphatic hydroxyl groups excluding tert-OH is 8. The Morgan fingerprint density at radius 2 is 1.43 bits per heavy atom. The topological polar surface area (TPSA) is 639 Å². The molecular formula is C61H88N18O21S2. The number of aromatic nitrogens is 6. The van der Waals surface area contributed by atoms with E-state index in [2.05, 4.69) is 74.0 Å². The van der Waals surface area contributed by atoms with Crippen LogP contribution in [0.15, 0.2) is 53.6 Å². The lowest BCUT2D eigenvalue weighted by Crippen LogP contribution is -2.65. The van der Waals surface area contributed by atoms with Crippen LogP contribution in [-0.2, 0) is 54.1 Å². The van der Waals surface area contributed by atoms with Gasteiger partial charge in [-0.3, -0.25) is 33.6 Å². The average Bonchev–Trinajstić information content (AvgIpc) is 1.13. The quantitative estimate of drug-likeness (QED) is 0.0165. The van der Waals surface area contributed by atoms with Crippen molar-refractivity contribution >= 4 is 75.9 Å². The molecule has 2 saturated heterocycles. The molecule has 0 radical (unpaired) electrons. The van der Waals surface area contributed by atoms with Crippen molar-refractivity contribution in [2.45, 2.75) is 170 Å². The van der Waals surface area contributed by atoms with Crippen LogP contribution in [0.3, 0.4) is 0 Å². The summed E-state index contributed by atoms with van der Waals surface area (Å²) in [7, 11) is 0. The van der Waals surface area contributed by atoms with Crippen LogP contribution in [0.2, 0.25) is 0 Å². The number of carbonyl (C=O) groups excluding carboxylic acids is 8. The van der Waals surface area contributed by atoms with E-state index in [4.69, 9.17) is 52.4 Å². The monoisotopic (exact) mass is 1470 g/mol. The molecule has 0 bridgehead atoms. The molecule has 0 spiro atoms. The van der Waals surface area contributed by atoms with E-state index in [-0.39, 0.29) is 60.1 Å². The number of carbonyl (C=O) groups is 8. The summed E-state index contributed by atoms with van der Waals surface area (Å²) < 4.78 is 28.8. The van der Waals surface area contributed by atoms with Gasteiger partial charge in [0.1, 0.15) is 94.6 Å². The maximum absolute atomic E-state index is 15.2. The molecule has 0 saturated carbocycles. The molecule has 1 aromatic carbocycles. The molecule has 0 unspecified atom stereocenters. The summed E-state index contributed by atoms with van der Waals surface area (Å²) in [5, 5.41) is 112. The van der Waals surface area contributed by atoms with Crippen molar-refractivity contribution in [3.8, 4) is 10.7 Å². The van der Waals surface area contributed by atoms with E-state index >= 15 is 4.79 Å². The number of imidazole rings is 1. The number of nitrogens with one attached hydrogen (secondary N) is 8. The molecule has 4 aromatic heterocycles. The van der Waals surface area contributed by atoms with Gasteiger partial charge >= 0.3 is 6.09 Å². The highest BCUT2D eigenvalue weighted by atomic mass is 32.1. The highest BCUT2D eigenvalue weighted by Gasteiger charge is 2.54. The van der Waals surface area contributed by atoms with Gasteiger partial charge in [0.2, 0.25) is 29.5 Å². The zero-order valence-electron chi connectivity index (χ0n) is 55.9. The number of amides is 8. The second-order valence-corrected chi connectivity index (χ2v) is 26.0. The lowest BCUT2D eigenvalue weighted by molar-refractivity contribution is -0.372. The van der Waals surface area contributed by atoms with Crippen LogP contribution in [0.25, 0.3) is 10.7 Å². The van der Waals surface area contributed by atoms with E-state index in [1.807, 2.05) is 30.3 Å². The zero-order chi connectivity index (χ0) is 74.8. The predicted octanol–water partition coefficient (Wildman–Crippen LogP) is -6.23. The van der Waals surface area contributed by atoms with Crippen LogP contribution in [-0.4, -0.2) is 255 Å². The number of rotatable bonds is 37. The van der Waals surface area contributed by atoms with Crippen LogP contribution >= 0.6 is 22.7 Å². The van der Waals surface area contributed by atoms with Crippen molar-refractivity contribution in [3.05, 3.63) is 92.7 Å². The largest absolute Gasteiger partial charge is 0.441 e. The standard InChI is InChI=1S/C61H88N18O21S2/c1-24-39(76-52(79-50(24)64)31(16-37(63)83)71-17-30(62)51(65)89)56(93)78-41(47(32-18-67-23-72-32)98-60-49(45(87)43(85)35(19-80)97-60)99-59-46(88)48(100-61(66)95)44(86)36(20-81)96-59)57(94)73-27(4)42(84)25(2)53(90)77-40(28(5)82)55(92)70-15-12-38-74-34(22-101-38)58-75-33(21-102-58)54(91)69-14-9-13-68-26(3)29-10-7-6-8-11-29/h6-8,10-11,18,21-23,25-28,30-31,35-36,40-49,59-60,68,71,80-82,84-88H,9,12-17,19-20,62H2,1-5H3,(H2,63,83)(H2,65,89)(H2,66,95)(H,67,72)(H,69,91)(H,70,92)(H,73,94)(H,77,90)(H,78,93)(H2,64,76,79)/t25-,26-,27+,28+,30-,31-,35-,36+,40-,41-,42-,43+,44+,45-,46-,47-,48-,49-,59+,60-/m0/s1. The number of thiazole rings is 2.